The average Bonchev–Trinajstić information content (AvgIpc) is 3.13. The van der Waals surface area contributed by atoms with Gasteiger partial charge in [0.25, 0.3) is 5.91 Å². The number of rotatable bonds is 5. The molecule has 30 heavy (non-hydrogen) atoms. The predicted molar refractivity (Wildman–Crippen MR) is 107 cm³/mol. The molecule has 0 bridgehead atoms. The number of amides is 1. The molecule has 2 N–H and O–H groups in total. The van der Waals surface area contributed by atoms with E-state index in [9.17, 15) is 18.0 Å². The number of para-hydroxylation sites is 1. The zero-order valence-corrected chi connectivity index (χ0v) is 15.8. The van der Waals surface area contributed by atoms with Gasteiger partial charge in [0.2, 0.25) is 0 Å². The highest BCUT2D eigenvalue weighted by atomic mass is 19.2. The van der Waals surface area contributed by atoms with Crippen molar-refractivity contribution in [2.24, 2.45) is 0 Å². The van der Waals surface area contributed by atoms with Gasteiger partial charge in [0.1, 0.15) is 17.1 Å². The molecule has 0 aliphatic carbocycles. The summed E-state index contributed by atoms with van der Waals surface area (Å²) >= 11 is 0. The van der Waals surface area contributed by atoms with E-state index >= 15 is 0 Å². The summed E-state index contributed by atoms with van der Waals surface area (Å²) < 4.78 is 46.8. The Morgan fingerprint density at radius 1 is 1.07 bits per heavy atom. The van der Waals surface area contributed by atoms with Crippen molar-refractivity contribution in [2.45, 2.75) is 6.92 Å². The normalized spacial score (nSPS) is 10.9. The van der Waals surface area contributed by atoms with Crippen LogP contribution in [0.15, 0.2) is 54.6 Å². The first kappa shape index (κ1) is 19.5. The Labute approximate surface area is 169 Å². The second-order valence-electron chi connectivity index (χ2n) is 6.43. The minimum Gasteiger partial charge on any atom is -0.493 e. The van der Waals surface area contributed by atoms with Crippen molar-refractivity contribution in [1.82, 2.24) is 10.2 Å². The third-order valence-electron chi connectivity index (χ3n) is 4.56. The van der Waals surface area contributed by atoms with Gasteiger partial charge in [-0.25, -0.2) is 13.2 Å². The summed E-state index contributed by atoms with van der Waals surface area (Å²) in [6, 6.07) is 14.2. The number of carbonyl (C=O) groups excluding carboxylic acids is 1. The van der Waals surface area contributed by atoms with Crippen molar-refractivity contribution in [3.8, 4) is 16.9 Å². The summed E-state index contributed by atoms with van der Waals surface area (Å²) in [7, 11) is 0. The van der Waals surface area contributed by atoms with Crippen LogP contribution in [-0.4, -0.2) is 22.7 Å². The monoisotopic (exact) mass is 411 g/mol. The zero-order valence-electron chi connectivity index (χ0n) is 15.8. The number of halogens is 3. The molecule has 1 amide bonds. The molecule has 0 aliphatic heterocycles. The summed E-state index contributed by atoms with van der Waals surface area (Å²) in [5.74, 6) is -4.37. The molecule has 8 heteroatoms. The van der Waals surface area contributed by atoms with Gasteiger partial charge in [0, 0.05) is 10.9 Å². The van der Waals surface area contributed by atoms with Gasteiger partial charge < -0.3 is 10.1 Å². The molecule has 0 spiro atoms. The molecule has 0 radical (unpaired) electrons. The molecule has 4 aromatic rings. The fourth-order valence-corrected chi connectivity index (χ4v) is 3.17. The van der Waals surface area contributed by atoms with E-state index in [0.717, 1.165) is 16.9 Å². The number of ether oxygens (including phenoxy) is 1. The van der Waals surface area contributed by atoms with Crippen molar-refractivity contribution < 1.29 is 22.7 Å². The maximum absolute atomic E-state index is 13.9. The topological polar surface area (TPSA) is 67.0 Å². The summed E-state index contributed by atoms with van der Waals surface area (Å²) in [5, 5.41) is 9.64. The van der Waals surface area contributed by atoms with Crippen LogP contribution in [0.3, 0.4) is 0 Å². The van der Waals surface area contributed by atoms with Crippen molar-refractivity contribution in [2.75, 3.05) is 11.9 Å². The fourth-order valence-electron chi connectivity index (χ4n) is 3.17. The second kappa shape index (κ2) is 7.90. The first-order valence-electron chi connectivity index (χ1n) is 9.14. The molecule has 4 rings (SSSR count). The largest absolute Gasteiger partial charge is 0.493 e. The van der Waals surface area contributed by atoms with Crippen molar-refractivity contribution >= 4 is 22.6 Å². The maximum atomic E-state index is 13.9. The summed E-state index contributed by atoms with van der Waals surface area (Å²) in [6.45, 7) is 2.42. The smallest absolute Gasteiger partial charge is 0.262 e. The average molecular weight is 411 g/mol. The van der Waals surface area contributed by atoms with Crippen LogP contribution >= 0.6 is 0 Å². The maximum Gasteiger partial charge on any atom is 0.262 e. The van der Waals surface area contributed by atoms with E-state index in [2.05, 4.69) is 15.5 Å². The van der Waals surface area contributed by atoms with Crippen molar-refractivity contribution in [3.63, 3.8) is 0 Å². The molecule has 5 nitrogen and oxygen atoms in total. The molecule has 0 unspecified atom stereocenters. The molecule has 0 saturated carbocycles. The molecular formula is C22H16F3N3O2. The third kappa shape index (κ3) is 3.47. The quantitative estimate of drug-likeness (QED) is 0.438. The number of nitrogens with zero attached hydrogens (tertiary/aromatic N) is 1. The molecule has 0 saturated heterocycles. The van der Waals surface area contributed by atoms with Gasteiger partial charge in [0.15, 0.2) is 17.5 Å². The van der Waals surface area contributed by atoms with Crippen molar-refractivity contribution in [3.05, 3.63) is 77.6 Å². The van der Waals surface area contributed by atoms with E-state index in [1.54, 1.807) is 6.07 Å². The lowest BCUT2D eigenvalue weighted by Gasteiger charge is -2.10. The Bertz CT molecular complexity index is 1250. The molecule has 0 fully saturated rings. The number of aromatic amines is 1. The predicted octanol–water partition coefficient (Wildman–Crippen LogP) is 5.30. The highest BCUT2D eigenvalue weighted by Gasteiger charge is 2.22. The molecule has 1 aromatic heterocycles. The van der Waals surface area contributed by atoms with E-state index in [4.69, 9.17) is 4.74 Å². The molecule has 3 aromatic carbocycles. The lowest BCUT2D eigenvalue weighted by molar-refractivity contribution is 0.101. The minimum absolute atomic E-state index is 0.0719. The van der Waals surface area contributed by atoms with Crippen LogP contribution in [0.2, 0.25) is 0 Å². The molecule has 152 valence electrons. The van der Waals surface area contributed by atoms with E-state index in [0.29, 0.717) is 29.6 Å². The van der Waals surface area contributed by atoms with Crippen LogP contribution < -0.4 is 10.1 Å². The number of fused-ring (bicyclic) bond motifs is 1. The SMILES string of the molecule is CCOc1ccccc1-c1ccc2c(NC(=O)c3c(F)ccc(F)c3F)n[nH]c2c1. The highest BCUT2D eigenvalue weighted by Crippen LogP contribution is 2.33. The Morgan fingerprint density at radius 2 is 1.83 bits per heavy atom. The van der Waals surface area contributed by atoms with Crippen LogP contribution in [0.25, 0.3) is 22.0 Å². The minimum atomic E-state index is -1.55. The number of anilines is 1. The molecule has 0 aliphatic rings. The van der Waals surface area contributed by atoms with Gasteiger partial charge in [0.05, 0.1) is 12.1 Å². The summed E-state index contributed by atoms with van der Waals surface area (Å²) in [6.07, 6.45) is 0. The number of benzene rings is 3. The first-order valence-corrected chi connectivity index (χ1v) is 9.14. The fraction of sp³-hybridized carbons (Fsp3) is 0.0909. The Morgan fingerprint density at radius 3 is 2.63 bits per heavy atom. The van der Waals surface area contributed by atoms with Gasteiger partial charge in [-0.15, -0.1) is 0 Å². The van der Waals surface area contributed by atoms with Crippen molar-refractivity contribution in [1.29, 1.82) is 0 Å². The van der Waals surface area contributed by atoms with Gasteiger partial charge in [-0.3, -0.25) is 9.89 Å². The van der Waals surface area contributed by atoms with Crippen LogP contribution in [0.5, 0.6) is 5.75 Å². The summed E-state index contributed by atoms with van der Waals surface area (Å²) in [4.78, 5) is 12.3. The van der Waals surface area contributed by atoms with Gasteiger partial charge in [-0.1, -0.05) is 24.3 Å². The molecular weight excluding hydrogens is 395 g/mol. The molecule has 0 atom stereocenters. The first-order chi connectivity index (χ1) is 14.5. The van der Waals surface area contributed by atoms with Gasteiger partial charge in [-0.2, -0.15) is 5.10 Å². The van der Waals surface area contributed by atoms with Crippen LogP contribution in [0.4, 0.5) is 19.0 Å². The van der Waals surface area contributed by atoms with Crippen LogP contribution in [0, 0.1) is 17.5 Å². The number of hydrogen-bond donors (Lipinski definition) is 2. The Hall–Kier alpha value is -3.81. The lowest BCUT2D eigenvalue weighted by atomic mass is 10.0. The highest BCUT2D eigenvalue weighted by molar-refractivity contribution is 6.08. The van der Waals surface area contributed by atoms with Crippen LogP contribution in [0.1, 0.15) is 17.3 Å². The zero-order chi connectivity index (χ0) is 21.3. The Kier molecular flexibility index (Phi) is 5.14. The number of aromatic nitrogens is 2. The lowest BCUT2D eigenvalue weighted by Crippen LogP contribution is -2.17. The molecule has 1 heterocycles. The third-order valence-corrected chi connectivity index (χ3v) is 4.56. The van der Waals surface area contributed by atoms with E-state index in [1.165, 1.54) is 0 Å². The van der Waals surface area contributed by atoms with E-state index in [-0.39, 0.29) is 5.82 Å². The van der Waals surface area contributed by atoms with E-state index < -0.39 is 28.9 Å². The number of nitrogens with one attached hydrogen (secondary N) is 2. The number of hydrogen-bond acceptors (Lipinski definition) is 3. The van der Waals surface area contributed by atoms with Gasteiger partial charge in [-0.05, 0) is 42.8 Å². The standard InChI is InChI=1S/C22H16F3N3O2/c1-2-30-18-6-4-3-5-13(18)12-7-8-14-17(11-12)27-28-21(14)26-22(29)19-15(23)9-10-16(24)20(19)25/h3-11H,2H2,1H3,(H2,26,27,28,29). The Balaban J connectivity index is 1.67. The van der Waals surface area contributed by atoms with Crippen LogP contribution in [-0.2, 0) is 0 Å². The number of H-pyrrole nitrogens is 1. The number of carbonyl (C=O) groups is 1. The second-order valence-corrected chi connectivity index (χ2v) is 6.43. The summed E-state index contributed by atoms with van der Waals surface area (Å²) in [5.41, 5.74) is 1.32. The van der Waals surface area contributed by atoms with E-state index in [1.807, 2.05) is 43.3 Å². The van der Waals surface area contributed by atoms with Gasteiger partial charge >= 0.3 is 0 Å².